The fourth-order valence-corrected chi connectivity index (χ4v) is 2.96. The SMILES string of the molecule is COCCn1ncc(Br)c1C(N)c1ccc(Cl)c(Br)c1. The molecule has 0 aliphatic rings. The zero-order valence-corrected chi connectivity index (χ0v) is 14.7. The monoisotopic (exact) mass is 421 g/mol. The second kappa shape index (κ2) is 7.04. The first-order valence-electron chi connectivity index (χ1n) is 5.95. The Balaban J connectivity index is 2.34. The summed E-state index contributed by atoms with van der Waals surface area (Å²) in [6.45, 7) is 1.23. The van der Waals surface area contributed by atoms with Gasteiger partial charge in [0.2, 0.25) is 0 Å². The van der Waals surface area contributed by atoms with Crippen LogP contribution in [0.3, 0.4) is 0 Å². The Morgan fingerprint density at radius 2 is 2.15 bits per heavy atom. The summed E-state index contributed by atoms with van der Waals surface area (Å²) in [6, 6.07) is 5.37. The quantitative estimate of drug-likeness (QED) is 0.797. The van der Waals surface area contributed by atoms with E-state index in [1.807, 2.05) is 22.9 Å². The number of hydrogen-bond donors (Lipinski definition) is 1. The average molecular weight is 424 g/mol. The topological polar surface area (TPSA) is 53.1 Å². The standard InChI is InChI=1S/C13H14Br2ClN3O/c1-20-5-4-19-13(10(15)7-18-19)12(17)8-2-3-11(16)9(14)6-8/h2-3,6-7,12H,4-5,17H2,1H3. The Morgan fingerprint density at radius 3 is 2.80 bits per heavy atom. The van der Waals surface area contributed by atoms with E-state index in [4.69, 9.17) is 22.1 Å². The molecule has 1 unspecified atom stereocenters. The van der Waals surface area contributed by atoms with Crippen molar-refractivity contribution >= 4 is 43.5 Å². The van der Waals surface area contributed by atoms with E-state index in [2.05, 4.69) is 37.0 Å². The van der Waals surface area contributed by atoms with Gasteiger partial charge in [0.05, 0.1) is 40.6 Å². The van der Waals surface area contributed by atoms with Gasteiger partial charge in [0.1, 0.15) is 0 Å². The third-order valence-corrected chi connectivity index (χ3v) is 4.76. The van der Waals surface area contributed by atoms with Crippen molar-refractivity contribution in [3.63, 3.8) is 0 Å². The highest BCUT2D eigenvalue weighted by atomic mass is 79.9. The number of aromatic nitrogens is 2. The van der Waals surface area contributed by atoms with Crippen molar-refractivity contribution in [2.45, 2.75) is 12.6 Å². The molecule has 0 spiro atoms. The van der Waals surface area contributed by atoms with Crippen molar-refractivity contribution in [1.82, 2.24) is 9.78 Å². The molecule has 0 amide bonds. The second-order valence-corrected chi connectivity index (χ2v) is 6.36. The number of nitrogens with two attached hydrogens (primary N) is 1. The third-order valence-electron chi connectivity index (χ3n) is 2.94. The van der Waals surface area contributed by atoms with E-state index in [0.29, 0.717) is 18.2 Å². The zero-order valence-electron chi connectivity index (χ0n) is 10.8. The molecule has 0 saturated carbocycles. The first-order valence-corrected chi connectivity index (χ1v) is 7.91. The molecule has 108 valence electrons. The number of rotatable bonds is 5. The summed E-state index contributed by atoms with van der Waals surface area (Å²) >= 11 is 12.9. The maximum atomic E-state index is 6.36. The number of ether oxygens (including phenoxy) is 1. The van der Waals surface area contributed by atoms with Crippen LogP contribution in [0.2, 0.25) is 5.02 Å². The van der Waals surface area contributed by atoms with Crippen LogP contribution in [0.5, 0.6) is 0 Å². The van der Waals surface area contributed by atoms with Gasteiger partial charge in [0, 0.05) is 11.6 Å². The van der Waals surface area contributed by atoms with Crippen LogP contribution in [0.15, 0.2) is 33.3 Å². The van der Waals surface area contributed by atoms with Crippen LogP contribution < -0.4 is 5.73 Å². The van der Waals surface area contributed by atoms with Crippen molar-refractivity contribution in [1.29, 1.82) is 0 Å². The van der Waals surface area contributed by atoms with Gasteiger partial charge in [-0.3, -0.25) is 4.68 Å². The summed E-state index contributed by atoms with van der Waals surface area (Å²) in [4.78, 5) is 0. The lowest BCUT2D eigenvalue weighted by Crippen LogP contribution is -2.19. The minimum atomic E-state index is -0.294. The van der Waals surface area contributed by atoms with Crippen LogP contribution in [0.25, 0.3) is 0 Å². The van der Waals surface area contributed by atoms with E-state index in [9.17, 15) is 0 Å². The zero-order chi connectivity index (χ0) is 14.7. The van der Waals surface area contributed by atoms with E-state index >= 15 is 0 Å². The molecular formula is C13H14Br2ClN3O. The molecule has 0 radical (unpaired) electrons. The minimum absolute atomic E-state index is 0.294. The number of methoxy groups -OCH3 is 1. The summed E-state index contributed by atoms with van der Waals surface area (Å²) in [6.07, 6.45) is 1.75. The highest BCUT2D eigenvalue weighted by Gasteiger charge is 2.19. The molecule has 1 aromatic carbocycles. The van der Waals surface area contributed by atoms with E-state index in [-0.39, 0.29) is 6.04 Å². The second-order valence-electron chi connectivity index (χ2n) is 4.24. The maximum absolute atomic E-state index is 6.36. The maximum Gasteiger partial charge on any atom is 0.0739 e. The molecule has 0 bridgehead atoms. The molecular weight excluding hydrogens is 409 g/mol. The van der Waals surface area contributed by atoms with Crippen LogP contribution in [0.1, 0.15) is 17.3 Å². The Labute approximate surface area is 139 Å². The molecule has 4 nitrogen and oxygen atoms in total. The Hall–Kier alpha value is -0.400. The van der Waals surface area contributed by atoms with E-state index in [0.717, 1.165) is 20.2 Å². The number of benzene rings is 1. The molecule has 0 aliphatic carbocycles. The molecule has 0 saturated heterocycles. The van der Waals surface area contributed by atoms with Gasteiger partial charge in [-0.05, 0) is 49.6 Å². The van der Waals surface area contributed by atoms with Crippen molar-refractivity contribution in [2.75, 3.05) is 13.7 Å². The number of halogens is 3. The van der Waals surface area contributed by atoms with Crippen molar-refractivity contribution in [3.8, 4) is 0 Å². The normalized spacial score (nSPS) is 12.7. The van der Waals surface area contributed by atoms with Crippen molar-refractivity contribution in [3.05, 3.63) is 49.6 Å². The molecule has 1 aromatic heterocycles. The summed E-state index contributed by atoms with van der Waals surface area (Å²) in [5.74, 6) is 0. The highest BCUT2D eigenvalue weighted by molar-refractivity contribution is 9.10. The van der Waals surface area contributed by atoms with Crippen LogP contribution in [-0.2, 0) is 11.3 Å². The lowest BCUT2D eigenvalue weighted by atomic mass is 10.0. The van der Waals surface area contributed by atoms with Crippen LogP contribution in [0.4, 0.5) is 0 Å². The van der Waals surface area contributed by atoms with Gasteiger partial charge in [-0.2, -0.15) is 5.10 Å². The molecule has 2 N–H and O–H groups in total. The molecule has 1 atom stereocenters. The average Bonchev–Trinajstić information content (AvgIpc) is 2.80. The van der Waals surface area contributed by atoms with Crippen LogP contribution >= 0.6 is 43.5 Å². The van der Waals surface area contributed by atoms with Crippen LogP contribution in [-0.4, -0.2) is 23.5 Å². The molecule has 1 heterocycles. The lowest BCUT2D eigenvalue weighted by molar-refractivity contribution is 0.182. The molecule has 20 heavy (non-hydrogen) atoms. The van der Waals surface area contributed by atoms with E-state index in [1.165, 1.54) is 0 Å². The summed E-state index contributed by atoms with van der Waals surface area (Å²) < 4.78 is 8.64. The van der Waals surface area contributed by atoms with Crippen molar-refractivity contribution < 1.29 is 4.74 Å². The first-order chi connectivity index (χ1) is 9.54. The van der Waals surface area contributed by atoms with Gasteiger partial charge in [-0.15, -0.1) is 0 Å². The van der Waals surface area contributed by atoms with Gasteiger partial charge in [-0.1, -0.05) is 17.7 Å². The largest absolute Gasteiger partial charge is 0.383 e. The summed E-state index contributed by atoms with van der Waals surface area (Å²) in [7, 11) is 1.66. The Kier molecular flexibility index (Phi) is 5.63. The Morgan fingerprint density at radius 1 is 1.40 bits per heavy atom. The van der Waals surface area contributed by atoms with Gasteiger partial charge < -0.3 is 10.5 Å². The van der Waals surface area contributed by atoms with Gasteiger partial charge in [0.25, 0.3) is 0 Å². The van der Waals surface area contributed by atoms with Gasteiger partial charge in [0.15, 0.2) is 0 Å². The summed E-state index contributed by atoms with van der Waals surface area (Å²) in [5, 5.41) is 4.97. The Bertz CT molecular complexity index is 603. The minimum Gasteiger partial charge on any atom is -0.383 e. The molecule has 2 rings (SSSR count). The summed E-state index contributed by atoms with van der Waals surface area (Å²) in [5.41, 5.74) is 8.23. The van der Waals surface area contributed by atoms with Gasteiger partial charge in [-0.25, -0.2) is 0 Å². The highest BCUT2D eigenvalue weighted by Crippen LogP contribution is 2.30. The number of nitrogens with zero attached hydrogens (tertiary/aromatic N) is 2. The van der Waals surface area contributed by atoms with E-state index < -0.39 is 0 Å². The molecule has 0 fully saturated rings. The van der Waals surface area contributed by atoms with Crippen LogP contribution in [0, 0.1) is 0 Å². The molecule has 2 aromatic rings. The van der Waals surface area contributed by atoms with Gasteiger partial charge >= 0.3 is 0 Å². The fourth-order valence-electron chi connectivity index (χ4n) is 1.90. The third kappa shape index (κ3) is 3.43. The smallest absolute Gasteiger partial charge is 0.0739 e. The predicted molar refractivity (Wildman–Crippen MR) is 87.0 cm³/mol. The van der Waals surface area contributed by atoms with E-state index in [1.54, 1.807) is 13.3 Å². The number of hydrogen-bond acceptors (Lipinski definition) is 3. The lowest BCUT2D eigenvalue weighted by Gasteiger charge is -2.16. The fraction of sp³-hybridized carbons (Fsp3) is 0.308. The first kappa shape index (κ1) is 16.0. The predicted octanol–water partition coefficient (Wildman–Crippen LogP) is 3.76. The van der Waals surface area contributed by atoms with Crippen molar-refractivity contribution in [2.24, 2.45) is 5.73 Å². The molecule has 7 heteroatoms. The molecule has 0 aliphatic heterocycles.